The highest BCUT2D eigenvalue weighted by Crippen LogP contribution is 2.41. The van der Waals surface area contributed by atoms with Crippen molar-refractivity contribution in [1.82, 2.24) is 9.36 Å². The van der Waals surface area contributed by atoms with Crippen molar-refractivity contribution < 1.29 is 0 Å². The first kappa shape index (κ1) is 12.4. The molecule has 0 aliphatic heterocycles. The van der Waals surface area contributed by atoms with Crippen LogP contribution < -0.4 is 11.3 Å². The van der Waals surface area contributed by atoms with Gasteiger partial charge in [0, 0.05) is 18.0 Å². The Morgan fingerprint density at radius 3 is 2.53 bits per heavy atom. The lowest BCUT2D eigenvalue weighted by Gasteiger charge is -2.09. The summed E-state index contributed by atoms with van der Waals surface area (Å²) < 4.78 is 3.59. The van der Waals surface area contributed by atoms with Gasteiger partial charge in [0.15, 0.2) is 0 Å². The first-order valence-electron chi connectivity index (χ1n) is 6.37. The molecule has 0 bridgehead atoms. The number of halogens is 1. The topological polar surface area (TPSA) is 52.9 Å². The molecule has 0 unspecified atom stereocenters. The number of hydrogen-bond acceptors (Lipinski definition) is 2. The fraction of sp³-hybridized carbons (Fsp3) is 0.357. The van der Waals surface area contributed by atoms with Crippen molar-refractivity contribution >= 4 is 17.3 Å². The van der Waals surface area contributed by atoms with Gasteiger partial charge < -0.3 is 5.73 Å². The van der Waals surface area contributed by atoms with E-state index in [1.54, 1.807) is 4.68 Å². The summed E-state index contributed by atoms with van der Waals surface area (Å²) in [7, 11) is 1.90. The predicted octanol–water partition coefficient (Wildman–Crippen LogP) is 2.35. The van der Waals surface area contributed by atoms with Gasteiger partial charge in [-0.15, -0.1) is 0 Å². The molecular weight excluding hydrogens is 262 g/mol. The quantitative estimate of drug-likeness (QED) is 0.936. The second-order valence-electron chi connectivity index (χ2n) is 5.09. The molecule has 1 aliphatic rings. The third-order valence-corrected chi connectivity index (χ3v) is 3.91. The molecule has 1 aliphatic carbocycles. The van der Waals surface area contributed by atoms with Gasteiger partial charge in [-0.25, -0.2) is 4.68 Å². The number of anilines is 1. The molecule has 0 saturated heterocycles. The Balaban J connectivity index is 1.99. The number of nitrogens with zero attached hydrogens (tertiary/aromatic N) is 2. The van der Waals surface area contributed by atoms with Crippen LogP contribution in [-0.2, 0) is 13.6 Å². The van der Waals surface area contributed by atoms with Gasteiger partial charge in [0.05, 0.1) is 12.2 Å². The number of nitrogens with two attached hydrogens (primary N) is 1. The fourth-order valence-electron chi connectivity index (χ4n) is 2.47. The third-order valence-electron chi connectivity index (χ3n) is 3.66. The summed E-state index contributed by atoms with van der Waals surface area (Å²) in [6.07, 6.45) is 2.25. The van der Waals surface area contributed by atoms with Crippen molar-refractivity contribution in [2.45, 2.75) is 25.3 Å². The highest BCUT2D eigenvalue weighted by Gasteiger charge is 2.31. The Labute approximate surface area is 116 Å². The van der Waals surface area contributed by atoms with Crippen LogP contribution in [0.2, 0.25) is 5.02 Å². The molecule has 1 heterocycles. The van der Waals surface area contributed by atoms with Crippen LogP contribution in [0, 0.1) is 0 Å². The van der Waals surface area contributed by atoms with Crippen LogP contribution >= 0.6 is 11.6 Å². The maximum Gasteiger partial charge on any atom is 0.290 e. The normalized spacial score (nSPS) is 14.8. The molecule has 1 aromatic heterocycles. The molecule has 3 rings (SSSR count). The highest BCUT2D eigenvalue weighted by atomic mass is 35.5. The molecule has 0 atom stereocenters. The average molecular weight is 278 g/mol. The first-order chi connectivity index (χ1) is 9.08. The van der Waals surface area contributed by atoms with Gasteiger partial charge in [-0.2, -0.15) is 0 Å². The molecule has 0 spiro atoms. The number of hydrogen-bond donors (Lipinski definition) is 1. The summed E-state index contributed by atoms with van der Waals surface area (Å²) in [5.74, 6) is 0.462. The molecule has 19 heavy (non-hydrogen) atoms. The second-order valence-corrected chi connectivity index (χ2v) is 5.52. The minimum Gasteiger partial charge on any atom is -0.393 e. The summed E-state index contributed by atoms with van der Waals surface area (Å²) in [5, 5.41) is 0.696. The third kappa shape index (κ3) is 2.16. The van der Waals surface area contributed by atoms with Crippen molar-refractivity contribution in [2.24, 2.45) is 7.05 Å². The summed E-state index contributed by atoms with van der Waals surface area (Å²) >= 11 is 5.86. The van der Waals surface area contributed by atoms with E-state index in [4.69, 9.17) is 17.3 Å². The Morgan fingerprint density at radius 2 is 1.95 bits per heavy atom. The van der Waals surface area contributed by atoms with Crippen LogP contribution in [0.15, 0.2) is 29.1 Å². The lowest BCUT2D eigenvalue weighted by atomic mass is 10.2. The van der Waals surface area contributed by atoms with Crippen molar-refractivity contribution in [1.29, 1.82) is 0 Å². The molecule has 1 aromatic carbocycles. The summed E-state index contributed by atoms with van der Waals surface area (Å²) in [6, 6.07) is 7.51. The summed E-state index contributed by atoms with van der Waals surface area (Å²) in [6.45, 7) is 0.517. The zero-order chi connectivity index (χ0) is 13.6. The predicted molar refractivity (Wildman–Crippen MR) is 76.6 cm³/mol. The molecule has 1 fully saturated rings. The Hall–Kier alpha value is -1.68. The van der Waals surface area contributed by atoms with E-state index in [1.807, 2.05) is 36.0 Å². The van der Waals surface area contributed by atoms with Crippen molar-refractivity contribution in [3.05, 3.63) is 50.9 Å². The molecule has 2 aromatic rings. The molecular formula is C14H16ClN3O. The van der Waals surface area contributed by atoms with Gasteiger partial charge in [-0.05, 0) is 30.5 Å². The zero-order valence-electron chi connectivity index (χ0n) is 10.8. The Morgan fingerprint density at radius 1 is 1.32 bits per heavy atom. The first-order valence-corrected chi connectivity index (χ1v) is 6.75. The van der Waals surface area contributed by atoms with Gasteiger partial charge >= 0.3 is 0 Å². The molecule has 0 radical (unpaired) electrons. The van der Waals surface area contributed by atoms with Gasteiger partial charge in [0.1, 0.15) is 5.69 Å². The maximum atomic E-state index is 12.2. The Bertz CT molecular complexity index is 665. The number of aromatic nitrogens is 2. The van der Waals surface area contributed by atoms with E-state index in [2.05, 4.69) is 0 Å². The zero-order valence-corrected chi connectivity index (χ0v) is 11.5. The fourth-order valence-corrected chi connectivity index (χ4v) is 2.60. The lowest BCUT2D eigenvalue weighted by Crippen LogP contribution is -2.23. The number of rotatable bonds is 3. The summed E-state index contributed by atoms with van der Waals surface area (Å²) in [5.41, 5.74) is 8.27. The van der Waals surface area contributed by atoms with E-state index in [1.165, 1.54) is 0 Å². The van der Waals surface area contributed by atoms with E-state index < -0.39 is 0 Å². The van der Waals surface area contributed by atoms with Gasteiger partial charge in [-0.1, -0.05) is 23.7 Å². The number of nitrogen functional groups attached to an aromatic ring is 1. The van der Waals surface area contributed by atoms with E-state index >= 15 is 0 Å². The van der Waals surface area contributed by atoms with Crippen molar-refractivity contribution in [3.8, 4) is 0 Å². The van der Waals surface area contributed by atoms with E-state index in [0.717, 1.165) is 24.1 Å². The van der Waals surface area contributed by atoms with Crippen LogP contribution in [0.5, 0.6) is 0 Å². The van der Waals surface area contributed by atoms with Crippen molar-refractivity contribution in [2.75, 3.05) is 5.73 Å². The molecule has 5 heteroatoms. The van der Waals surface area contributed by atoms with E-state index in [0.29, 0.717) is 23.2 Å². The summed E-state index contributed by atoms with van der Waals surface area (Å²) in [4.78, 5) is 12.2. The lowest BCUT2D eigenvalue weighted by molar-refractivity contribution is 0.518. The minimum absolute atomic E-state index is 0.0978. The number of benzene rings is 1. The van der Waals surface area contributed by atoms with E-state index in [9.17, 15) is 4.79 Å². The minimum atomic E-state index is -0.0978. The van der Waals surface area contributed by atoms with Crippen LogP contribution in [0.4, 0.5) is 5.69 Å². The standard InChI is InChI=1S/C14H16ClN3O/c1-17-13(10-4-5-10)12(16)14(19)18(17)8-9-2-6-11(15)7-3-9/h2-3,6-7,10H,4-5,8,16H2,1H3. The molecule has 2 N–H and O–H groups in total. The maximum absolute atomic E-state index is 12.2. The van der Waals surface area contributed by atoms with Gasteiger partial charge in [-0.3, -0.25) is 9.48 Å². The monoisotopic (exact) mass is 277 g/mol. The average Bonchev–Trinajstić information content (AvgIpc) is 3.18. The second kappa shape index (κ2) is 4.46. The highest BCUT2D eigenvalue weighted by molar-refractivity contribution is 6.30. The van der Waals surface area contributed by atoms with Gasteiger partial charge in [0.25, 0.3) is 5.56 Å². The Kier molecular flexibility index (Phi) is 2.90. The molecule has 1 saturated carbocycles. The van der Waals surface area contributed by atoms with Crippen LogP contribution in [-0.4, -0.2) is 9.36 Å². The van der Waals surface area contributed by atoms with Gasteiger partial charge in [0.2, 0.25) is 0 Å². The SMILES string of the molecule is Cn1c(C2CC2)c(N)c(=O)n1Cc1ccc(Cl)cc1. The van der Waals surface area contributed by atoms with Crippen LogP contribution in [0.3, 0.4) is 0 Å². The molecule has 0 amide bonds. The van der Waals surface area contributed by atoms with Crippen LogP contribution in [0.25, 0.3) is 0 Å². The molecule has 100 valence electrons. The smallest absolute Gasteiger partial charge is 0.290 e. The van der Waals surface area contributed by atoms with Crippen molar-refractivity contribution in [3.63, 3.8) is 0 Å². The van der Waals surface area contributed by atoms with E-state index in [-0.39, 0.29) is 5.56 Å². The molecule has 4 nitrogen and oxygen atoms in total. The largest absolute Gasteiger partial charge is 0.393 e. The van der Waals surface area contributed by atoms with Crippen LogP contribution in [0.1, 0.15) is 30.0 Å².